The molecule has 5 nitrogen and oxygen atoms in total. The summed E-state index contributed by atoms with van der Waals surface area (Å²) in [6, 6.07) is 13.7. The number of aryl methyl sites for hydroxylation is 1. The average molecular weight is 446 g/mol. The van der Waals surface area contributed by atoms with E-state index in [9.17, 15) is 18.4 Å². The SMILES string of the molecule is Cc1ccc(OCc2cccc(Cl)c2)cc1C(=O)Nc1c(F)cc(CC(=O)O)cc1F. The number of anilines is 1. The minimum Gasteiger partial charge on any atom is -0.489 e. The highest BCUT2D eigenvalue weighted by Gasteiger charge is 2.18. The average Bonchev–Trinajstić information content (AvgIpc) is 2.69. The summed E-state index contributed by atoms with van der Waals surface area (Å²) in [6.45, 7) is 1.90. The van der Waals surface area contributed by atoms with Gasteiger partial charge in [0.2, 0.25) is 0 Å². The van der Waals surface area contributed by atoms with Gasteiger partial charge in [0.05, 0.1) is 6.42 Å². The highest BCUT2D eigenvalue weighted by atomic mass is 35.5. The Bertz CT molecular complexity index is 1130. The van der Waals surface area contributed by atoms with Crippen LogP contribution in [0.15, 0.2) is 54.6 Å². The molecule has 1 amide bonds. The fourth-order valence-corrected chi connectivity index (χ4v) is 3.14. The summed E-state index contributed by atoms with van der Waals surface area (Å²) >= 11 is 5.95. The largest absolute Gasteiger partial charge is 0.489 e. The fourth-order valence-electron chi connectivity index (χ4n) is 2.93. The van der Waals surface area contributed by atoms with E-state index in [1.165, 1.54) is 6.07 Å². The molecule has 0 aliphatic heterocycles. The van der Waals surface area contributed by atoms with Gasteiger partial charge in [0.1, 0.15) is 29.7 Å². The molecule has 0 saturated carbocycles. The van der Waals surface area contributed by atoms with Crippen molar-refractivity contribution in [2.75, 3.05) is 5.32 Å². The normalized spacial score (nSPS) is 10.6. The highest BCUT2D eigenvalue weighted by molar-refractivity contribution is 6.30. The lowest BCUT2D eigenvalue weighted by Crippen LogP contribution is -2.16. The lowest BCUT2D eigenvalue weighted by molar-refractivity contribution is -0.136. The summed E-state index contributed by atoms with van der Waals surface area (Å²) in [5, 5.41) is 11.6. The van der Waals surface area contributed by atoms with Gasteiger partial charge in [-0.15, -0.1) is 0 Å². The molecule has 3 rings (SSSR count). The Hall–Kier alpha value is -3.45. The molecule has 0 spiro atoms. The lowest BCUT2D eigenvalue weighted by Gasteiger charge is -2.13. The summed E-state index contributed by atoms with van der Waals surface area (Å²) in [4.78, 5) is 23.4. The van der Waals surface area contributed by atoms with Crippen molar-refractivity contribution in [1.82, 2.24) is 0 Å². The van der Waals surface area contributed by atoms with Crippen LogP contribution in [0.3, 0.4) is 0 Å². The Morgan fingerprint density at radius 1 is 1.03 bits per heavy atom. The highest BCUT2D eigenvalue weighted by Crippen LogP contribution is 2.24. The molecular weight excluding hydrogens is 428 g/mol. The molecule has 0 bridgehead atoms. The van der Waals surface area contributed by atoms with E-state index in [0.717, 1.165) is 17.7 Å². The van der Waals surface area contributed by atoms with Gasteiger partial charge < -0.3 is 15.2 Å². The van der Waals surface area contributed by atoms with Crippen LogP contribution in [-0.2, 0) is 17.8 Å². The molecule has 2 N–H and O–H groups in total. The second kappa shape index (κ2) is 9.57. The van der Waals surface area contributed by atoms with E-state index in [-0.39, 0.29) is 17.7 Å². The van der Waals surface area contributed by atoms with Gasteiger partial charge in [0.15, 0.2) is 0 Å². The molecule has 0 aromatic heterocycles. The van der Waals surface area contributed by atoms with Gasteiger partial charge in [0, 0.05) is 10.6 Å². The third-order valence-electron chi connectivity index (χ3n) is 4.44. The van der Waals surface area contributed by atoms with Crippen LogP contribution < -0.4 is 10.1 Å². The minimum absolute atomic E-state index is 0.0481. The number of hydrogen-bond donors (Lipinski definition) is 2. The van der Waals surface area contributed by atoms with Crippen molar-refractivity contribution in [3.63, 3.8) is 0 Å². The van der Waals surface area contributed by atoms with E-state index in [4.69, 9.17) is 21.4 Å². The molecule has 8 heteroatoms. The van der Waals surface area contributed by atoms with E-state index in [1.807, 2.05) is 6.07 Å². The van der Waals surface area contributed by atoms with Crippen molar-refractivity contribution >= 4 is 29.2 Å². The number of aliphatic carboxylic acids is 1. The Labute approximate surface area is 182 Å². The van der Waals surface area contributed by atoms with Crippen LogP contribution in [0, 0.1) is 18.6 Å². The number of amides is 1. The second-order valence-corrected chi connectivity index (χ2v) is 7.29. The number of nitrogens with one attached hydrogen (secondary N) is 1. The number of benzene rings is 3. The number of carboxylic acid groups (broad SMARTS) is 1. The van der Waals surface area contributed by atoms with Crippen LogP contribution >= 0.6 is 11.6 Å². The molecule has 160 valence electrons. The molecule has 0 unspecified atom stereocenters. The first kappa shape index (κ1) is 22.2. The van der Waals surface area contributed by atoms with Crippen molar-refractivity contribution < 1.29 is 28.2 Å². The zero-order valence-electron chi connectivity index (χ0n) is 16.4. The summed E-state index contributed by atoms with van der Waals surface area (Å²) < 4.78 is 34.3. The van der Waals surface area contributed by atoms with Crippen LogP contribution in [0.25, 0.3) is 0 Å². The monoisotopic (exact) mass is 445 g/mol. The fraction of sp³-hybridized carbons (Fsp3) is 0.130. The summed E-state index contributed by atoms with van der Waals surface area (Å²) in [5.74, 6) is -3.67. The van der Waals surface area contributed by atoms with Crippen molar-refractivity contribution in [3.05, 3.63) is 93.5 Å². The first-order valence-electron chi connectivity index (χ1n) is 9.22. The van der Waals surface area contributed by atoms with Gasteiger partial charge >= 0.3 is 5.97 Å². The number of carbonyl (C=O) groups is 2. The van der Waals surface area contributed by atoms with Crippen LogP contribution in [0.5, 0.6) is 5.75 Å². The van der Waals surface area contributed by atoms with Crippen molar-refractivity contribution in [2.45, 2.75) is 20.0 Å². The van der Waals surface area contributed by atoms with Crippen LogP contribution in [0.4, 0.5) is 14.5 Å². The molecule has 0 aliphatic rings. The van der Waals surface area contributed by atoms with E-state index < -0.39 is 35.6 Å². The summed E-state index contributed by atoms with van der Waals surface area (Å²) in [7, 11) is 0. The van der Waals surface area contributed by atoms with Gasteiger partial charge in [-0.3, -0.25) is 9.59 Å². The number of halogens is 3. The van der Waals surface area contributed by atoms with Gasteiger partial charge in [-0.25, -0.2) is 8.78 Å². The summed E-state index contributed by atoms with van der Waals surface area (Å²) in [6.07, 6.45) is -0.535. The Kier molecular flexibility index (Phi) is 6.87. The quantitative estimate of drug-likeness (QED) is 0.511. The van der Waals surface area contributed by atoms with Gasteiger partial charge in [-0.05, 0) is 60.0 Å². The molecule has 0 aliphatic carbocycles. The first-order valence-corrected chi connectivity index (χ1v) is 9.59. The number of carboxylic acids is 1. The first-order chi connectivity index (χ1) is 14.7. The van der Waals surface area contributed by atoms with E-state index in [0.29, 0.717) is 16.3 Å². The number of ether oxygens (including phenoxy) is 1. The van der Waals surface area contributed by atoms with Gasteiger partial charge in [0.25, 0.3) is 5.91 Å². The van der Waals surface area contributed by atoms with Gasteiger partial charge in [-0.1, -0.05) is 29.8 Å². The predicted octanol–water partition coefficient (Wildman–Crippen LogP) is 5.39. The number of rotatable bonds is 7. The summed E-state index contributed by atoms with van der Waals surface area (Å²) in [5.41, 5.74) is 0.898. The number of hydrogen-bond acceptors (Lipinski definition) is 3. The molecule has 0 saturated heterocycles. The second-order valence-electron chi connectivity index (χ2n) is 6.85. The van der Waals surface area contributed by atoms with E-state index in [2.05, 4.69) is 5.32 Å². The third kappa shape index (κ3) is 5.79. The molecule has 31 heavy (non-hydrogen) atoms. The third-order valence-corrected chi connectivity index (χ3v) is 4.68. The zero-order valence-corrected chi connectivity index (χ0v) is 17.2. The van der Waals surface area contributed by atoms with Crippen molar-refractivity contribution in [1.29, 1.82) is 0 Å². The minimum atomic E-state index is -1.22. The van der Waals surface area contributed by atoms with E-state index >= 15 is 0 Å². The maximum Gasteiger partial charge on any atom is 0.307 e. The molecule has 0 heterocycles. The van der Waals surface area contributed by atoms with Gasteiger partial charge in [-0.2, -0.15) is 0 Å². The Morgan fingerprint density at radius 3 is 2.39 bits per heavy atom. The van der Waals surface area contributed by atoms with Crippen LogP contribution in [0.1, 0.15) is 27.0 Å². The van der Waals surface area contributed by atoms with Crippen LogP contribution in [0.2, 0.25) is 5.02 Å². The maximum absolute atomic E-state index is 14.3. The van der Waals surface area contributed by atoms with Crippen LogP contribution in [-0.4, -0.2) is 17.0 Å². The predicted molar refractivity (Wildman–Crippen MR) is 113 cm³/mol. The Balaban J connectivity index is 1.77. The van der Waals surface area contributed by atoms with E-state index in [1.54, 1.807) is 37.3 Å². The Morgan fingerprint density at radius 2 is 1.74 bits per heavy atom. The smallest absolute Gasteiger partial charge is 0.307 e. The van der Waals surface area contributed by atoms with Crippen molar-refractivity contribution in [3.8, 4) is 5.75 Å². The topological polar surface area (TPSA) is 75.6 Å². The zero-order chi connectivity index (χ0) is 22.5. The molecule has 3 aromatic carbocycles. The van der Waals surface area contributed by atoms with Crippen molar-refractivity contribution in [2.24, 2.45) is 0 Å². The lowest BCUT2D eigenvalue weighted by atomic mass is 10.1. The molecule has 0 radical (unpaired) electrons. The maximum atomic E-state index is 14.3. The molecular formula is C23H18ClF2NO4. The molecule has 0 fully saturated rings. The number of carbonyl (C=O) groups excluding carboxylic acids is 1. The molecule has 3 aromatic rings. The molecule has 0 atom stereocenters. The standard InChI is InChI=1S/C23H18ClF2NO4/c1-13-5-6-17(31-12-14-3-2-4-16(24)7-14)11-18(13)23(30)27-22-19(25)8-15(9-20(22)26)10-21(28)29/h2-9,11H,10,12H2,1H3,(H,27,30)(H,28,29).